The highest BCUT2D eigenvalue weighted by atomic mass is 32.2. The van der Waals surface area contributed by atoms with Gasteiger partial charge in [-0.3, -0.25) is 14.3 Å². The third-order valence-corrected chi connectivity index (χ3v) is 18.3. The quantitative estimate of drug-likeness (QED) is 0.414. The predicted molar refractivity (Wildman–Crippen MR) is 141 cm³/mol. The van der Waals surface area contributed by atoms with Gasteiger partial charge >= 0.3 is 5.69 Å². The minimum absolute atomic E-state index is 0.00248. The molecule has 1 N–H and O–H groups in total. The molecule has 7 nitrogen and oxygen atoms in total. The number of aldehydes is 1. The zero-order valence-electron chi connectivity index (χ0n) is 22.1. The summed E-state index contributed by atoms with van der Waals surface area (Å²) in [4.78, 5) is 39.6. The third-order valence-electron chi connectivity index (χ3n) is 7.68. The normalized spacial score (nSPS) is 24.8. The van der Waals surface area contributed by atoms with E-state index in [0.29, 0.717) is 12.0 Å². The first-order chi connectivity index (χ1) is 14.8. The summed E-state index contributed by atoms with van der Waals surface area (Å²) in [6.45, 7) is 23.6. The minimum Gasteiger partial charge on any atom is -0.415 e. The van der Waals surface area contributed by atoms with Crippen molar-refractivity contribution in [3.63, 3.8) is 0 Å². The molecule has 33 heavy (non-hydrogen) atoms. The Balaban J connectivity index is 2.50. The lowest BCUT2D eigenvalue weighted by Gasteiger charge is -2.43. The van der Waals surface area contributed by atoms with Crippen LogP contribution >= 0.6 is 11.8 Å². The summed E-state index contributed by atoms with van der Waals surface area (Å²) >= 11 is 1.42. The number of rotatable bonds is 7. The molecule has 2 rings (SSSR count). The van der Waals surface area contributed by atoms with Crippen molar-refractivity contribution in [1.29, 1.82) is 0 Å². The van der Waals surface area contributed by atoms with Crippen molar-refractivity contribution >= 4 is 34.7 Å². The fraction of sp³-hybridized carbons (Fsp3) is 0.783. The summed E-state index contributed by atoms with van der Waals surface area (Å²) < 4.78 is 13.9. The largest absolute Gasteiger partial charge is 0.415 e. The van der Waals surface area contributed by atoms with E-state index in [1.807, 2.05) is 0 Å². The van der Waals surface area contributed by atoms with Crippen LogP contribution < -0.4 is 11.2 Å². The second-order valence-electron chi connectivity index (χ2n) is 12.3. The summed E-state index contributed by atoms with van der Waals surface area (Å²) in [6.07, 6.45) is 2.64. The van der Waals surface area contributed by atoms with Gasteiger partial charge in [0.1, 0.15) is 11.0 Å². The molecule has 0 amide bonds. The molecule has 0 unspecified atom stereocenters. The van der Waals surface area contributed by atoms with Crippen LogP contribution in [0.2, 0.25) is 36.3 Å². The summed E-state index contributed by atoms with van der Waals surface area (Å²) in [5.74, 6) is 0. The second kappa shape index (κ2) is 9.25. The maximum Gasteiger partial charge on any atom is 0.329 e. The Bertz CT molecular complexity index is 990. The Kier molecular flexibility index (Phi) is 7.93. The summed E-state index contributed by atoms with van der Waals surface area (Å²) in [6, 6.07) is 0. The lowest BCUT2D eigenvalue weighted by atomic mass is 10.0. The number of carbonyl (C=O) groups excluding carboxylic acids is 1. The number of carbonyl (C=O) groups is 1. The number of nitrogens with zero attached hydrogens (tertiary/aromatic N) is 1. The van der Waals surface area contributed by atoms with Crippen LogP contribution in [-0.2, 0) is 13.6 Å². The molecule has 0 bridgehead atoms. The second-order valence-corrected chi connectivity index (χ2v) is 23.4. The Morgan fingerprint density at radius 1 is 1.12 bits per heavy atom. The van der Waals surface area contributed by atoms with E-state index in [1.165, 1.54) is 16.3 Å². The lowest BCUT2D eigenvalue weighted by molar-refractivity contribution is -0.112. The van der Waals surface area contributed by atoms with Crippen LogP contribution in [0.15, 0.2) is 15.8 Å². The molecule has 0 aromatic carbocycles. The van der Waals surface area contributed by atoms with E-state index in [9.17, 15) is 14.4 Å². The van der Waals surface area contributed by atoms with E-state index in [4.69, 9.17) is 8.85 Å². The molecule has 1 fully saturated rings. The van der Waals surface area contributed by atoms with Crippen LogP contribution in [-0.4, -0.2) is 49.9 Å². The van der Waals surface area contributed by atoms with Crippen LogP contribution in [0.4, 0.5) is 0 Å². The summed E-state index contributed by atoms with van der Waals surface area (Å²) in [5, 5.41) is -0.366. The van der Waals surface area contributed by atoms with Crippen molar-refractivity contribution in [2.75, 3.05) is 6.61 Å². The van der Waals surface area contributed by atoms with E-state index in [2.05, 4.69) is 72.7 Å². The monoisotopic (exact) mass is 514 g/mol. The molecular weight excluding hydrogens is 473 g/mol. The highest BCUT2D eigenvalue weighted by Gasteiger charge is 2.54. The van der Waals surface area contributed by atoms with E-state index < -0.39 is 38.7 Å². The lowest BCUT2D eigenvalue weighted by Crippen LogP contribution is -2.53. The van der Waals surface area contributed by atoms with Crippen molar-refractivity contribution in [3.05, 3.63) is 32.6 Å². The van der Waals surface area contributed by atoms with E-state index in [1.54, 1.807) is 13.1 Å². The SMILES string of the molecule is Cc1cn([C@H]2C[C@H](O[Si](C)(C)C(C)(C)C)[C@@](C=O)(CO[Si](C)(C)C(C)(C)C)S2)c(=O)[nH]c1=O. The van der Waals surface area contributed by atoms with Crippen molar-refractivity contribution in [1.82, 2.24) is 9.55 Å². The van der Waals surface area contributed by atoms with Crippen molar-refractivity contribution in [2.24, 2.45) is 0 Å². The number of nitrogens with one attached hydrogen (secondary N) is 1. The van der Waals surface area contributed by atoms with Gasteiger partial charge in [0.25, 0.3) is 5.56 Å². The molecule has 1 saturated heterocycles. The molecule has 3 atom stereocenters. The molecule has 1 aromatic heterocycles. The van der Waals surface area contributed by atoms with Crippen molar-refractivity contribution < 1.29 is 13.6 Å². The Morgan fingerprint density at radius 2 is 1.67 bits per heavy atom. The van der Waals surface area contributed by atoms with Gasteiger partial charge in [-0.1, -0.05) is 41.5 Å². The van der Waals surface area contributed by atoms with Gasteiger partial charge in [-0.25, -0.2) is 4.79 Å². The van der Waals surface area contributed by atoms with Crippen LogP contribution in [0.25, 0.3) is 0 Å². The minimum atomic E-state index is -2.21. The Hall–Kier alpha value is -0.946. The standard InChI is InChI=1S/C23H42N2O5SSi2/c1-16-13-25(20(28)24-19(16)27)18-12-17(30-33(10,11)22(5,6)7)23(14-26,31-18)15-29-32(8,9)21(2,3)4/h13-14,17-18H,12,15H2,1-11H3,(H,24,27,28)/t17-,18+,23+/m0/s1. The number of H-pyrrole nitrogens is 1. The maximum atomic E-state index is 12.7. The average molecular weight is 515 g/mol. The number of hydrogen-bond donors (Lipinski definition) is 1. The van der Waals surface area contributed by atoms with Crippen LogP contribution in [0.5, 0.6) is 0 Å². The van der Waals surface area contributed by atoms with Gasteiger partial charge in [0, 0.05) is 18.2 Å². The summed E-state index contributed by atoms with van der Waals surface area (Å²) in [5.41, 5.74) is -0.407. The summed E-state index contributed by atoms with van der Waals surface area (Å²) in [7, 11) is -4.33. The van der Waals surface area contributed by atoms with E-state index in [-0.39, 0.29) is 22.1 Å². The molecule has 0 saturated carbocycles. The predicted octanol–water partition coefficient (Wildman–Crippen LogP) is 4.83. The zero-order chi connectivity index (χ0) is 25.6. The number of aromatic amines is 1. The van der Waals surface area contributed by atoms with Gasteiger partial charge in [-0.2, -0.15) is 0 Å². The molecule has 0 radical (unpaired) electrons. The number of thioether (sulfide) groups is 1. The molecule has 2 heterocycles. The van der Waals surface area contributed by atoms with Crippen LogP contribution in [0.3, 0.4) is 0 Å². The highest BCUT2D eigenvalue weighted by molar-refractivity contribution is 8.01. The van der Waals surface area contributed by atoms with Gasteiger partial charge in [0.05, 0.1) is 18.1 Å². The number of aryl methyl sites for hydroxylation is 1. The Morgan fingerprint density at radius 3 is 2.15 bits per heavy atom. The van der Waals surface area contributed by atoms with Crippen LogP contribution in [0, 0.1) is 6.92 Å². The fourth-order valence-electron chi connectivity index (χ4n) is 3.18. The average Bonchev–Trinajstić information content (AvgIpc) is 2.99. The van der Waals surface area contributed by atoms with Gasteiger partial charge < -0.3 is 13.6 Å². The molecule has 188 valence electrons. The fourth-order valence-corrected chi connectivity index (χ4v) is 7.31. The smallest absolute Gasteiger partial charge is 0.329 e. The first-order valence-corrected chi connectivity index (χ1v) is 18.2. The van der Waals surface area contributed by atoms with Gasteiger partial charge in [0.15, 0.2) is 16.6 Å². The number of aromatic nitrogens is 2. The molecule has 1 aliphatic heterocycles. The molecule has 0 spiro atoms. The maximum absolute atomic E-state index is 12.7. The van der Waals surface area contributed by atoms with E-state index in [0.717, 1.165) is 6.29 Å². The van der Waals surface area contributed by atoms with E-state index >= 15 is 0 Å². The third kappa shape index (κ3) is 5.83. The van der Waals surface area contributed by atoms with Gasteiger partial charge in [-0.15, -0.1) is 11.8 Å². The first kappa shape index (κ1) is 28.3. The first-order valence-electron chi connectivity index (χ1n) is 11.5. The molecule has 0 aliphatic carbocycles. The molecular formula is C23H42N2O5SSi2. The Labute approximate surface area is 204 Å². The van der Waals surface area contributed by atoms with Gasteiger partial charge in [0.2, 0.25) is 0 Å². The van der Waals surface area contributed by atoms with Crippen molar-refractivity contribution in [3.8, 4) is 0 Å². The van der Waals surface area contributed by atoms with Gasteiger partial charge in [-0.05, 0) is 43.2 Å². The topological polar surface area (TPSA) is 90.4 Å². The molecule has 1 aromatic rings. The molecule has 1 aliphatic rings. The zero-order valence-corrected chi connectivity index (χ0v) is 24.9. The van der Waals surface area contributed by atoms with Crippen LogP contribution in [0.1, 0.15) is 58.9 Å². The van der Waals surface area contributed by atoms with Crippen molar-refractivity contribution in [2.45, 2.75) is 107 Å². The number of hydrogen-bond acceptors (Lipinski definition) is 6. The molecule has 10 heteroatoms. The highest BCUT2D eigenvalue weighted by Crippen LogP contribution is 2.52.